The Labute approximate surface area is 134 Å². The third-order valence-electron chi connectivity index (χ3n) is 4.22. The van der Waals surface area contributed by atoms with Crippen molar-refractivity contribution in [2.75, 3.05) is 0 Å². The zero-order valence-corrected chi connectivity index (χ0v) is 13.6. The van der Waals surface area contributed by atoms with Crippen molar-refractivity contribution in [2.24, 2.45) is 0 Å². The molecule has 1 aromatic carbocycles. The molecule has 4 heteroatoms. The second-order valence-corrected chi connectivity index (χ2v) is 6.22. The Kier molecular flexibility index (Phi) is 3.18. The summed E-state index contributed by atoms with van der Waals surface area (Å²) in [6, 6.07) is 10.4. The van der Waals surface area contributed by atoms with E-state index in [1.165, 1.54) is 11.3 Å². The van der Waals surface area contributed by atoms with Gasteiger partial charge in [-0.2, -0.15) is 0 Å². The molecular weight excluding hydrogens is 286 g/mol. The van der Waals surface area contributed by atoms with Gasteiger partial charge < -0.3 is 9.40 Å². The van der Waals surface area contributed by atoms with Gasteiger partial charge in [0.05, 0.1) is 5.56 Å². The summed E-state index contributed by atoms with van der Waals surface area (Å²) in [6.07, 6.45) is 2.80. The van der Waals surface area contributed by atoms with E-state index in [2.05, 4.69) is 60.0 Å². The molecule has 0 saturated heterocycles. The van der Waals surface area contributed by atoms with E-state index in [1.54, 1.807) is 0 Å². The molecule has 0 atom stereocenters. The average Bonchev–Trinajstić information content (AvgIpc) is 3.17. The molecular formula is C19H19N3O. The van der Waals surface area contributed by atoms with Gasteiger partial charge in [-0.25, -0.2) is 9.97 Å². The molecule has 0 amide bonds. The van der Waals surface area contributed by atoms with Crippen molar-refractivity contribution in [1.82, 2.24) is 15.0 Å². The number of oxazole rings is 1. The average molecular weight is 305 g/mol. The van der Waals surface area contributed by atoms with Crippen LogP contribution >= 0.6 is 0 Å². The molecule has 4 aromatic rings. The number of fused-ring (bicyclic) bond motifs is 2. The Hall–Kier alpha value is -2.62. The summed E-state index contributed by atoms with van der Waals surface area (Å²) in [5.41, 5.74) is 5.96. The summed E-state index contributed by atoms with van der Waals surface area (Å²) in [6.45, 7) is 6.46. The summed E-state index contributed by atoms with van der Waals surface area (Å²) in [5.74, 6) is 1.07. The van der Waals surface area contributed by atoms with Crippen molar-refractivity contribution in [3.8, 4) is 11.5 Å². The van der Waals surface area contributed by atoms with E-state index in [9.17, 15) is 0 Å². The number of nitrogens with one attached hydrogen (secondary N) is 1. The first-order valence-electron chi connectivity index (χ1n) is 8.02. The quantitative estimate of drug-likeness (QED) is 0.576. The lowest BCUT2D eigenvalue weighted by Gasteiger charge is -1.97. The van der Waals surface area contributed by atoms with E-state index in [-0.39, 0.29) is 0 Å². The van der Waals surface area contributed by atoms with Gasteiger partial charge in [0.2, 0.25) is 5.89 Å². The van der Waals surface area contributed by atoms with Crippen molar-refractivity contribution in [1.29, 1.82) is 0 Å². The van der Waals surface area contributed by atoms with Crippen LogP contribution in [-0.2, 0) is 6.42 Å². The van der Waals surface area contributed by atoms with Gasteiger partial charge in [0.1, 0.15) is 11.2 Å². The summed E-state index contributed by atoms with van der Waals surface area (Å²) >= 11 is 0. The molecule has 116 valence electrons. The molecule has 0 bridgehead atoms. The molecule has 0 aliphatic heterocycles. The van der Waals surface area contributed by atoms with Gasteiger partial charge in [0, 0.05) is 17.3 Å². The van der Waals surface area contributed by atoms with E-state index >= 15 is 0 Å². The van der Waals surface area contributed by atoms with Crippen molar-refractivity contribution in [3.63, 3.8) is 0 Å². The van der Waals surface area contributed by atoms with Crippen molar-refractivity contribution >= 4 is 22.1 Å². The topological polar surface area (TPSA) is 54.7 Å². The van der Waals surface area contributed by atoms with Gasteiger partial charge in [0.25, 0.3) is 0 Å². The van der Waals surface area contributed by atoms with Crippen LogP contribution in [0.1, 0.15) is 37.9 Å². The van der Waals surface area contributed by atoms with Gasteiger partial charge in [-0.15, -0.1) is 0 Å². The van der Waals surface area contributed by atoms with Crippen LogP contribution in [0.2, 0.25) is 0 Å². The SMILES string of the molecule is CCc1ccc2nc(-c3cnc4[nH]c(C(C)C)cc4c3)oc2c1. The third-order valence-corrected chi connectivity index (χ3v) is 4.22. The summed E-state index contributed by atoms with van der Waals surface area (Å²) in [7, 11) is 0. The molecule has 0 aliphatic rings. The molecule has 3 heterocycles. The highest BCUT2D eigenvalue weighted by Crippen LogP contribution is 2.28. The first kappa shape index (κ1) is 14.0. The van der Waals surface area contributed by atoms with Crippen molar-refractivity contribution < 1.29 is 4.42 Å². The van der Waals surface area contributed by atoms with Gasteiger partial charge in [-0.1, -0.05) is 26.8 Å². The predicted molar refractivity (Wildman–Crippen MR) is 92.6 cm³/mol. The minimum absolute atomic E-state index is 0.449. The smallest absolute Gasteiger partial charge is 0.228 e. The molecule has 4 rings (SSSR count). The number of nitrogens with zero attached hydrogens (tertiary/aromatic N) is 2. The van der Waals surface area contributed by atoms with Crippen LogP contribution in [0, 0.1) is 0 Å². The number of rotatable bonds is 3. The number of pyridine rings is 1. The van der Waals surface area contributed by atoms with Crippen LogP contribution in [0.15, 0.2) is 40.9 Å². The number of H-pyrrole nitrogens is 1. The standard InChI is InChI=1S/C19H19N3O/c1-4-12-5-6-15-17(7-12)23-19(22-15)14-8-13-9-16(11(2)3)21-18(13)20-10-14/h5-11H,4H2,1-3H3,(H,20,21). The van der Waals surface area contributed by atoms with E-state index in [4.69, 9.17) is 4.42 Å². The zero-order valence-electron chi connectivity index (χ0n) is 13.6. The Morgan fingerprint density at radius 3 is 2.83 bits per heavy atom. The highest BCUT2D eigenvalue weighted by molar-refractivity contribution is 5.83. The molecule has 3 aromatic heterocycles. The maximum Gasteiger partial charge on any atom is 0.228 e. The number of aromatic amines is 1. The molecule has 0 spiro atoms. The first-order valence-corrected chi connectivity index (χ1v) is 8.02. The van der Waals surface area contributed by atoms with E-state index < -0.39 is 0 Å². The minimum Gasteiger partial charge on any atom is -0.436 e. The third kappa shape index (κ3) is 2.40. The van der Waals surface area contributed by atoms with Crippen LogP contribution in [0.25, 0.3) is 33.6 Å². The Balaban J connectivity index is 1.81. The fourth-order valence-corrected chi connectivity index (χ4v) is 2.78. The van der Waals surface area contributed by atoms with Gasteiger partial charge in [-0.05, 0) is 42.2 Å². The Morgan fingerprint density at radius 1 is 1.17 bits per heavy atom. The Bertz CT molecular complexity index is 994. The molecule has 0 saturated carbocycles. The molecule has 23 heavy (non-hydrogen) atoms. The molecule has 0 unspecified atom stereocenters. The van der Waals surface area contributed by atoms with E-state index in [1.807, 2.05) is 12.3 Å². The van der Waals surface area contributed by atoms with Crippen molar-refractivity contribution in [2.45, 2.75) is 33.1 Å². The van der Waals surface area contributed by atoms with Crippen LogP contribution in [0.5, 0.6) is 0 Å². The first-order chi connectivity index (χ1) is 11.1. The van der Waals surface area contributed by atoms with Crippen LogP contribution < -0.4 is 0 Å². The number of hydrogen-bond donors (Lipinski definition) is 1. The van der Waals surface area contributed by atoms with E-state index in [0.29, 0.717) is 11.8 Å². The maximum atomic E-state index is 5.94. The normalized spacial score (nSPS) is 11.8. The number of hydrogen-bond acceptors (Lipinski definition) is 3. The summed E-state index contributed by atoms with van der Waals surface area (Å²) in [5, 5.41) is 1.09. The van der Waals surface area contributed by atoms with Crippen molar-refractivity contribution in [3.05, 3.63) is 47.8 Å². The number of benzene rings is 1. The fourth-order valence-electron chi connectivity index (χ4n) is 2.78. The minimum atomic E-state index is 0.449. The highest BCUT2D eigenvalue weighted by atomic mass is 16.3. The number of aromatic nitrogens is 3. The maximum absolute atomic E-state index is 5.94. The van der Waals surface area contributed by atoms with Crippen LogP contribution in [0.4, 0.5) is 0 Å². The molecule has 0 radical (unpaired) electrons. The van der Waals surface area contributed by atoms with Gasteiger partial charge in [0.15, 0.2) is 5.58 Å². The molecule has 0 fully saturated rings. The fraction of sp³-hybridized carbons (Fsp3) is 0.263. The lowest BCUT2D eigenvalue weighted by atomic mass is 10.1. The second kappa shape index (κ2) is 5.23. The zero-order chi connectivity index (χ0) is 16.0. The van der Waals surface area contributed by atoms with Crippen LogP contribution in [-0.4, -0.2) is 15.0 Å². The largest absolute Gasteiger partial charge is 0.436 e. The summed E-state index contributed by atoms with van der Waals surface area (Å²) < 4.78 is 5.94. The van der Waals surface area contributed by atoms with Gasteiger partial charge >= 0.3 is 0 Å². The van der Waals surface area contributed by atoms with E-state index in [0.717, 1.165) is 34.1 Å². The highest BCUT2D eigenvalue weighted by Gasteiger charge is 2.12. The summed E-state index contributed by atoms with van der Waals surface area (Å²) in [4.78, 5) is 12.5. The predicted octanol–water partition coefficient (Wildman–Crippen LogP) is 5.06. The molecule has 4 nitrogen and oxygen atoms in total. The number of aryl methyl sites for hydroxylation is 1. The lowest BCUT2D eigenvalue weighted by molar-refractivity contribution is 0.619. The van der Waals surface area contributed by atoms with Crippen LogP contribution in [0.3, 0.4) is 0 Å². The molecule has 1 N–H and O–H groups in total. The monoisotopic (exact) mass is 305 g/mol. The lowest BCUT2D eigenvalue weighted by Crippen LogP contribution is -1.85. The van der Waals surface area contributed by atoms with Gasteiger partial charge in [-0.3, -0.25) is 0 Å². The molecule has 0 aliphatic carbocycles. The second-order valence-electron chi connectivity index (χ2n) is 6.22. The Morgan fingerprint density at radius 2 is 2.04 bits per heavy atom.